The fraction of sp³-hybridized carbons (Fsp3) is 0.273. The molecule has 4 rings (SSSR count). The predicted molar refractivity (Wildman–Crippen MR) is 130 cm³/mol. The fourth-order valence-electron chi connectivity index (χ4n) is 3.52. The molecule has 9 nitrogen and oxygen atoms in total. The predicted octanol–water partition coefficient (Wildman–Crippen LogP) is 3.09. The summed E-state index contributed by atoms with van der Waals surface area (Å²) < 4.78 is 27.0. The van der Waals surface area contributed by atoms with E-state index in [9.17, 15) is 22.8 Å². The fourth-order valence-corrected chi connectivity index (χ4v) is 6.07. The number of aromatic nitrogens is 1. The van der Waals surface area contributed by atoms with Gasteiger partial charge in [-0.2, -0.15) is 0 Å². The highest BCUT2D eigenvalue weighted by Crippen LogP contribution is 2.28. The van der Waals surface area contributed by atoms with Crippen LogP contribution in [0.3, 0.4) is 0 Å². The topological polar surface area (TPSA) is 126 Å². The lowest BCUT2D eigenvalue weighted by Crippen LogP contribution is -2.35. The first kappa shape index (κ1) is 24.1. The van der Waals surface area contributed by atoms with E-state index < -0.39 is 21.8 Å². The number of benzene rings is 1. The normalized spacial score (nSPS) is 14.3. The zero-order valence-electron chi connectivity index (χ0n) is 17.9. The van der Waals surface area contributed by atoms with Crippen LogP contribution >= 0.6 is 22.9 Å². The number of hydrogen-bond donors (Lipinski definition) is 2. The summed E-state index contributed by atoms with van der Waals surface area (Å²) in [6.45, 7) is 0.615. The van der Waals surface area contributed by atoms with Crippen LogP contribution in [0.4, 0.5) is 5.69 Å². The molecule has 0 atom stereocenters. The van der Waals surface area contributed by atoms with Gasteiger partial charge in [-0.25, -0.2) is 18.1 Å². The Morgan fingerprint density at radius 3 is 2.62 bits per heavy atom. The molecule has 0 saturated carbocycles. The van der Waals surface area contributed by atoms with Crippen LogP contribution < -0.4 is 14.9 Å². The van der Waals surface area contributed by atoms with Gasteiger partial charge < -0.3 is 10.2 Å². The summed E-state index contributed by atoms with van der Waals surface area (Å²) in [5.74, 6) is -1.08. The summed E-state index contributed by atoms with van der Waals surface area (Å²) in [6, 6.07) is 11.3. The van der Waals surface area contributed by atoms with Gasteiger partial charge in [-0.15, -0.1) is 11.3 Å². The SMILES string of the molecule is O=C(CCNC(=O)c1ccc(N2CCCCC2=O)cc1)NS(=O)(=O)c1cc2ccc(Cl)nc2s1. The van der Waals surface area contributed by atoms with E-state index in [2.05, 4.69) is 10.3 Å². The molecule has 0 radical (unpaired) electrons. The van der Waals surface area contributed by atoms with Gasteiger partial charge >= 0.3 is 0 Å². The molecule has 0 spiro atoms. The van der Waals surface area contributed by atoms with Gasteiger partial charge in [0.15, 0.2) is 0 Å². The number of pyridine rings is 1. The molecule has 1 saturated heterocycles. The molecule has 34 heavy (non-hydrogen) atoms. The van der Waals surface area contributed by atoms with Crippen molar-refractivity contribution < 1.29 is 22.8 Å². The maximum atomic E-state index is 12.5. The summed E-state index contributed by atoms with van der Waals surface area (Å²) in [7, 11) is -4.07. The van der Waals surface area contributed by atoms with Gasteiger partial charge in [-0.3, -0.25) is 14.4 Å². The maximum absolute atomic E-state index is 12.5. The number of fused-ring (bicyclic) bond motifs is 1. The number of rotatable bonds is 7. The molecule has 1 aromatic carbocycles. The van der Waals surface area contributed by atoms with Crippen LogP contribution in [0.2, 0.25) is 5.15 Å². The van der Waals surface area contributed by atoms with Crippen molar-refractivity contribution in [2.75, 3.05) is 18.0 Å². The van der Waals surface area contributed by atoms with Crippen LogP contribution in [-0.2, 0) is 19.6 Å². The van der Waals surface area contributed by atoms with E-state index in [1.165, 1.54) is 6.07 Å². The summed E-state index contributed by atoms with van der Waals surface area (Å²) >= 11 is 6.73. The smallest absolute Gasteiger partial charge is 0.273 e. The molecular weight excluding hydrogens is 500 g/mol. The molecule has 2 aromatic heterocycles. The monoisotopic (exact) mass is 520 g/mol. The van der Waals surface area contributed by atoms with Crippen LogP contribution in [0.5, 0.6) is 0 Å². The Morgan fingerprint density at radius 2 is 1.88 bits per heavy atom. The lowest BCUT2D eigenvalue weighted by atomic mass is 10.1. The van der Waals surface area contributed by atoms with E-state index >= 15 is 0 Å². The van der Waals surface area contributed by atoms with Gasteiger partial charge in [0.25, 0.3) is 15.9 Å². The quantitative estimate of drug-likeness (QED) is 0.461. The van der Waals surface area contributed by atoms with E-state index in [1.54, 1.807) is 41.3 Å². The van der Waals surface area contributed by atoms with Crippen molar-refractivity contribution in [3.63, 3.8) is 0 Å². The number of carbonyl (C=O) groups excluding carboxylic acids is 3. The van der Waals surface area contributed by atoms with Crippen molar-refractivity contribution in [2.45, 2.75) is 29.9 Å². The molecular formula is C22H21ClN4O5S2. The number of hydrogen-bond acceptors (Lipinski definition) is 7. The standard InChI is InChI=1S/C22H21ClN4O5S2/c23-17-9-6-15-13-20(33-22(15)25-17)34(31,32)26-18(28)10-11-24-21(30)14-4-7-16(8-5-14)27-12-2-1-3-19(27)29/h4-9,13H,1-3,10-12H2,(H,24,30)(H,26,28). The number of nitrogens with zero attached hydrogens (tertiary/aromatic N) is 2. The zero-order valence-corrected chi connectivity index (χ0v) is 20.3. The van der Waals surface area contributed by atoms with E-state index in [0.717, 1.165) is 29.9 Å². The largest absolute Gasteiger partial charge is 0.352 e. The number of amides is 3. The van der Waals surface area contributed by atoms with Gasteiger partial charge in [0, 0.05) is 42.6 Å². The molecule has 0 aliphatic carbocycles. The number of anilines is 1. The Labute approximate surface area is 205 Å². The first-order chi connectivity index (χ1) is 16.2. The number of piperidine rings is 1. The minimum Gasteiger partial charge on any atom is -0.352 e. The molecule has 3 amide bonds. The zero-order chi connectivity index (χ0) is 24.3. The Morgan fingerprint density at radius 1 is 1.12 bits per heavy atom. The Hall–Kier alpha value is -3.02. The number of sulfonamides is 1. The molecule has 1 fully saturated rings. The Balaban J connectivity index is 1.29. The van der Waals surface area contributed by atoms with Crippen LogP contribution in [0.15, 0.2) is 46.7 Å². The van der Waals surface area contributed by atoms with E-state index in [-0.39, 0.29) is 28.2 Å². The molecule has 1 aliphatic heterocycles. The lowest BCUT2D eigenvalue weighted by Gasteiger charge is -2.26. The first-order valence-corrected chi connectivity index (χ1v) is 13.2. The molecule has 2 N–H and O–H groups in total. The Bertz CT molecular complexity index is 1360. The van der Waals surface area contributed by atoms with E-state index in [1.807, 2.05) is 4.72 Å². The summed E-state index contributed by atoms with van der Waals surface area (Å²) in [5.41, 5.74) is 1.11. The van der Waals surface area contributed by atoms with Crippen molar-refractivity contribution in [1.29, 1.82) is 0 Å². The highest BCUT2D eigenvalue weighted by molar-refractivity contribution is 7.92. The second-order valence-electron chi connectivity index (χ2n) is 7.68. The summed E-state index contributed by atoms with van der Waals surface area (Å²) in [6.07, 6.45) is 2.13. The minimum atomic E-state index is -4.07. The number of carbonyl (C=O) groups is 3. The minimum absolute atomic E-state index is 0.0455. The third-order valence-electron chi connectivity index (χ3n) is 5.24. The molecule has 0 bridgehead atoms. The van der Waals surface area contributed by atoms with E-state index in [0.29, 0.717) is 28.7 Å². The van der Waals surface area contributed by atoms with Gasteiger partial charge in [-0.1, -0.05) is 11.6 Å². The van der Waals surface area contributed by atoms with Gasteiger partial charge in [0.2, 0.25) is 11.8 Å². The van der Waals surface area contributed by atoms with Crippen molar-refractivity contribution in [1.82, 2.24) is 15.0 Å². The average molecular weight is 521 g/mol. The average Bonchev–Trinajstić information content (AvgIpc) is 3.23. The summed E-state index contributed by atoms with van der Waals surface area (Å²) in [5, 5.41) is 3.44. The molecule has 12 heteroatoms. The third kappa shape index (κ3) is 5.54. The molecule has 1 aliphatic rings. The summed E-state index contributed by atoms with van der Waals surface area (Å²) in [4.78, 5) is 42.8. The second-order valence-corrected chi connectivity index (χ2v) is 11.0. The van der Waals surface area contributed by atoms with E-state index in [4.69, 9.17) is 11.6 Å². The van der Waals surface area contributed by atoms with Crippen molar-refractivity contribution >= 4 is 66.6 Å². The van der Waals surface area contributed by atoms with Crippen molar-refractivity contribution in [2.24, 2.45) is 0 Å². The molecule has 3 heterocycles. The lowest BCUT2D eigenvalue weighted by molar-refractivity contribution is -0.120. The van der Waals surface area contributed by atoms with Gasteiger partial charge in [0.1, 0.15) is 14.2 Å². The second kappa shape index (κ2) is 10.1. The van der Waals surface area contributed by atoms with Crippen LogP contribution in [0, 0.1) is 0 Å². The third-order valence-corrected chi connectivity index (χ3v) is 8.34. The molecule has 178 valence electrons. The van der Waals surface area contributed by atoms with Crippen molar-refractivity contribution in [3.05, 3.63) is 53.2 Å². The Kier molecular flexibility index (Phi) is 7.15. The van der Waals surface area contributed by atoms with Crippen LogP contribution in [0.1, 0.15) is 36.0 Å². The highest BCUT2D eigenvalue weighted by Gasteiger charge is 2.22. The van der Waals surface area contributed by atoms with Gasteiger partial charge in [0.05, 0.1) is 0 Å². The van der Waals surface area contributed by atoms with Crippen molar-refractivity contribution in [3.8, 4) is 0 Å². The van der Waals surface area contributed by atoms with Crippen LogP contribution in [-0.4, -0.2) is 44.2 Å². The maximum Gasteiger partial charge on any atom is 0.273 e. The first-order valence-electron chi connectivity index (χ1n) is 10.5. The molecule has 0 unspecified atom stereocenters. The van der Waals surface area contributed by atoms with Crippen LogP contribution in [0.25, 0.3) is 10.2 Å². The number of thiophene rings is 1. The molecule has 3 aromatic rings. The highest BCUT2D eigenvalue weighted by atomic mass is 35.5. The number of nitrogens with one attached hydrogen (secondary N) is 2. The van der Waals surface area contributed by atoms with Gasteiger partial charge in [-0.05, 0) is 55.3 Å². The number of halogens is 1.